The molecule has 1 atom stereocenters. The summed E-state index contributed by atoms with van der Waals surface area (Å²) in [5, 5.41) is 0.154. The summed E-state index contributed by atoms with van der Waals surface area (Å²) in [7, 11) is 0. The number of benzene rings is 1. The smallest absolute Gasteiger partial charge is 0.255 e. The predicted octanol–water partition coefficient (Wildman–Crippen LogP) is 2.43. The summed E-state index contributed by atoms with van der Waals surface area (Å²) in [5.74, 6) is -0.597. The molecule has 0 aromatic heterocycles. The zero-order valence-corrected chi connectivity index (χ0v) is 10.8. The summed E-state index contributed by atoms with van der Waals surface area (Å²) in [4.78, 5) is 14.1. The van der Waals surface area contributed by atoms with Crippen LogP contribution in [0.25, 0.3) is 0 Å². The zero-order chi connectivity index (χ0) is 13.1. The van der Waals surface area contributed by atoms with Crippen molar-refractivity contribution in [2.75, 3.05) is 13.1 Å². The van der Waals surface area contributed by atoms with Gasteiger partial charge in [-0.1, -0.05) is 11.6 Å². The van der Waals surface area contributed by atoms with Gasteiger partial charge in [-0.05, 0) is 37.5 Å². The fourth-order valence-electron chi connectivity index (χ4n) is 2.33. The van der Waals surface area contributed by atoms with Crippen molar-refractivity contribution in [3.63, 3.8) is 0 Å². The third-order valence-corrected chi connectivity index (χ3v) is 3.63. The lowest BCUT2D eigenvalue weighted by Gasteiger charge is -2.35. The third-order valence-electron chi connectivity index (χ3n) is 3.32. The van der Waals surface area contributed by atoms with Crippen LogP contribution in [0.15, 0.2) is 18.2 Å². The quantitative estimate of drug-likeness (QED) is 0.897. The minimum absolute atomic E-state index is 0.0624. The van der Waals surface area contributed by atoms with Crippen molar-refractivity contribution < 1.29 is 9.18 Å². The maximum atomic E-state index is 13.0. The maximum absolute atomic E-state index is 13.0. The molecule has 1 saturated heterocycles. The zero-order valence-electron chi connectivity index (χ0n) is 10.0. The summed E-state index contributed by atoms with van der Waals surface area (Å²) in [5.41, 5.74) is 6.03. The molecule has 1 unspecified atom stereocenters. The second-order valence-corrected chi connectivity index (χ2v) is 4.92. The lowest BCUT2D eigenvalue weighted by Crippen LogP contribution is -2.47. The molecule has 2 rings (SSSR count). The van der Waals surface area contributed by atoms with E-state index in [4.69, 9.17) is 17.3 Å². The molecule has 0 aliphatic carbocycles. The molecule has 98 valence electrons. The number of likely N-dealkylation sites (tertiary alicyclic amines) is 1. The van der Waals surface area contributed by atoms with Crippen LogP contribution in [0.2, 0.25) is 5.02 Å². The van der Waals surface area contributed by atoms with Crippen LogP contribution in [0, 0.1) is 5.82 Å². The van der Waals surface area contributed by atoms with Crippen molar-refractivity contribution in [2.45, 2.75) is 25.3 Å². The van der Waals surface area contributed by atoms with Crippen LogP contribution < -0.4 is 5.73 Å². The van der Waals surface area contributed by atoms with Gasteiger partial charge in [0.2, 0.25) is 0 Å². The van der Waals surface area contributed by atoms with Crippen LogP contribution in [0.1, 0.15) is 29.6 Å². The fraction of sp³-hybridized carbons (Fsp3) is 0.462. The molecule has 0 spiro atoms. The van der Waals surface area contributed by atoms with Gasteiger partial charge in [-0.25, -0.2) is 4.39 Å². The molecule has 1 aromatic rings. The van der Waals surface area contributed by atoms with Gasteiger partial charge in [-0.15, -0.1) is 0 Å². The SMILES string of the molecule is NCC1CCCCN1C(=O)c1ccc(F)cc1Cl. The number of carbonyl (C=O) groups is 1. The van der Waals surface area contributed by atoms with Gasteiger partial charge >= 0.3 is 0 Å². The Morgan fingerprint density at radius 3 is 2.94 bits per heavy atom. The van der Waals surface area contributed by atoms with Gasteiger partial charge in [0.25, 0.3) is 5.91 Å². The maximum Gasteiger partial charge on any atom is 0.255 e. The molecule has 1 amide bonds. The van der Waals surface area contributed by atoms with Crippen molar-refractivity contribution in [3.05, 3.63) is 34.6 Å². The van der Waals surface area contributed by atoms with Gasteiger partial charge in [0.1, 0.15) is 5.82 Å². The molecule has 5 heteroatoms. The van der Waals surface area contributed by atoms with Crippen LogP contribution in [0.3, 0.4) is 0 Å². The monoisotopic (exact) mass is 270 g/mol. The van der Waals surface area contributed by atoms with E-state index in [9.17, 15) is 9.18 Å². The molecule has 0 bridgehead atoms. The van der Waals surface area contributed by atoms with Crippen LogP contribution in [0.4, 0.5) is 4.39 Å². The second kappa shape index (κ2) is 5.67. The largest absolute Gasteiger partial charge is 0.334 e. The number of piperidine rings is 1. The van der Waals surface area contributed by atoms with Crippen LogP contribution in [-0.4, -0.2) is 29.9 Å². The molecule has 1 aromatic carbocycles. The van der Waals surface area contributed by atoms with Gasteiger partial charge in [0.05, 0.1) is 10.6 Å². The van der Waals surface area contributed by atoms with Crippen LogP contribution in [-0.2, 0) is 0 Å². The first kappa shape index (κ1) is 13.3. The number of hydrogen-bond acceptors (Lipinski definition) is 2. The first-order valence-corrected chi connectivity index (χ1v) is 6.47. The normalized spacial score (nSPS) is 19.9. The summed E-state index contributed by atoms with van der Waals surface area (Å²) < 4.78 is 13.0. The highest BCUT2D eigenvalue weighted by atomic mass is 35.5. The van der Waals surface area contributed by atoms with E-state index >= 15 is 0 Å². The van der Waals surface area contributed by atoms with E-state index in [1.165, 1.54) is 12.1 Å². The molecule has 2 N–H and O–H groups in total. The Labute approximate surface area is 111 Å². The molecule has 0 saturated carbocycles. The van der Waals surface area contributed by atoms with E-state index in [1.54, 1.807) is 4.90 Å². The van der Waals surface area contributed by atoms with Crippen molar-refractivity contribution >= 4 is 17.5 Å². The Bertz CT molecular complexity index is 453. The molecule has 1 heterocycles. The van der Waals surface area contributed by atoms with Crippen LogP contribution >= 0.6 is 11.6 Å². The number of hydrogen-bond donors (Lipinski definition) is 1. The van der Waals surface area contributed by atoms with E-state index in [1.807, 2.05) is 0 Å². The summed E-state index contributed by atoms with van der Waals surface area (Å²) in [6.07, 6.45) is 2.98. The van der Waals surface area contributed by atoms with Gasteiger partial charge in [-0.2, -0.15) is 0 Å². The first-order valence-electron chi connectivity index (χ1n) is 6.09. The van der Waals surface area contributed by atoms with E-state index in [0.29, 0.717) is 18.7 Å². The molecule has 3 nitrogen and oxygen atoms in total. The molecular formula is C13H16ClFN2O. The Hall–Kier alpha value is -1.13. The average molecular weight is 271 g/mol. The predicted molar refractivity (Wildman–Crippen MR) is 69.1 cm³/mol. The number of rotatable bonds is 2. The number of amides is 1. The standard InChI is InChI=1S/C13H16ClFN2O/c14-12-7-9(15)4-5-11(12)13(18)17-6-2-1-3-10(17)8-16/h4-5,7,10H,1-3,6,8,16H2. The first-order chi connectivity index (χ1) is 8.63. The number of nitrogens with two attached hydrogens (primary N) is 1. The average Bonchev–Trinajstić information content (AvgIpc) is 2.38. The molecule has 0 radical (unpaired) electrons. The second-order valence-electron chi connectivity index (χ2n) is 4.51. The lowest BCUT2D eigenvalue weighted by molar-refractivity contribution is 0.0623. The van der Waals surface area contributed by atoms with Crippen LogP contribution in [0.5, 0.6) is 0 Å². The Morgan fingerprint density at radius 2 is 2.28 bits per heavy atom. The summed E-state index contributed by atoms with van der Waals surface area (Å²) in [6, 6.07) is 3.91. The van der Waals surface area contributed by atoms with Gasteiger partial charge in [-0.3, -0.25) is 4.79 Å². The number of nitrogens with zero attached hydrogens (tertiary/aromatic N) is 1. The molecule has 18 heavy (non-hydrogen) atoms. The van der Waals surface area contributed by atoms with E-state index < -0.39 is 5.82 Å². The molecule has 1 aliphatic heterocycles. The van der Waals surface area contributed by atoms with Gasteiger partial charge in [0.15, 0.2) is 0 Å². The minimum Gasteiger partial charge on any atom is -0.334 e. The fourth-order valence-corrected chi connectivity index (χ4v) is 2.58. The van der Waals surface area contributed by atoms with Gasteiger partial charge in [0, 0.05) is 19.1 Å². The third kappa shape index (κ3) is 2.65. The minimum atomic E-state index is -0.439. The summed E-state index contributed by atoms with van der Waals surface area (Å²) in [6.45, 7) is 1.14. The highest BCUT2D eigenvalue weighted by molar-refractivity contribution is 6.33. The van der Waals surface area contributed by atoms with E-state index in [-0.39, 0.29) is 17.0 Å². The Kier molecular flexibility index (Phi) is 4.19. The highest BCUT2D eigenvalue weighted by Crippen LogP contribution is 2.23. The highest BCUT2D eigenvalue weighted by Gasteiger charge is 2.27. The van der Waals surface area contributed by atoms with E-state index in [2.05, 4.69) is 0 Å². The number of halogens is 2. The molecular weight excluding hydrogens is 255 g/mol. The Morgan fingerprint density at radius 1 is 1.50 bits per heavy atom. The summed E-state index contributed by atoms with van der Waals surface area (Å²) >= 11 is 5.92. The topological polar surface area (TPSA) is 46.3 Å². The van der Waals surface area contributed by atoms with Crippen molar-refractivity contribution in [1.29, 1.82) is 0 Å². The Balaban J connectivity index is 2.24. The van der Waals surface area contributed by atoms with E-state index in [0.717, 1.165) is 25.3 Å². The molecule has 1 fully saturated rings. The van der Waals surface area contributed by atoms with Crippen molar-refractivity contribution in [2.24, 2.45) is 5.73 Å². The van der Waals surface area contributed by atoms with Crippen molar-refractivity contribution in [1.82, 2.24) is 4.90 Å². The number of carbonyl (C=O) groups excluding carboxylic acids is 1. The molecule has 1 aliphatic rings. The van der Waals surface area contributed by atoms with Gasteiger partial charge < -0.3 is 10.6 Å². The lowest BCUT2D eigenvalue weighted by atomic mass is 10.0. The van der Waals surface area contributed by atoms with Crippen molar-refractivity contribution in [3.8, 4) is 0 Å².